The quantitative estimate of drug-likeness (QED) is 0.0449. The normalized spacial score (nSPS) is 10.9. The third kappa shape index (κ3) is 12.9. The third-order valence-electron chi connectivity index (χ3n) is 14.4. The maximum absolute atomic E-state index is 12.9. The lowest BCUT2D eigenvalue weighted by atomic mass is 10.1. The molecule has 0 atom stereocenters. The highest BCUT2D eigenvalue weighted by Gasteiger charge is 2.23. The van der Waals surface area contributed by atoms with Crippen molar-refractivity contribution in [2.45, 2.75) is 47.0 Å². The zero-order chi connectivity index (χ0) is 63.1. The van der Waals surface area contributed by atoms with Crippen LogP contribution in [-0.4, -0.2) is 48.5 Å². The van der Waals surface area contributed by atoms with Crippen molar-refractivity contribution in [3.05, 3.63) is 265 Å². The molecule has 444 valence electrons. The molecule has 0 aliphatic rings. The Hall–Kier alpha value is -11.2. The van der Waals surface area contributed by atoms with Gasteiger partial charge in [0.15, 0.2) is 22.7 Å². The van der Waals surface area contributed by atoms with Gasteiger partial charge in [0.2, 0.25) is 23.5 Å². The molecule has 25 heteroatoms. The molecule has 22 nitrogen and oxygen atoms in total. The summed E-state index contributed by atoms with van der Waals surface area (Å²) in [6.45, 7) is 6.86. The number of non-ortho nitro benzene ring substituents is 1. The minimum absolute atomic E-state index is 0.00112. The number of aromatic hydroxyl groups is 4. The second-order valence-electron chi connectivity index (χ2n) is 20.2. The van der Waals surface area contributed by atoms with E-state index in [9.17, 15) is 64.7 Å². The minimum atomic E-state index is -0.471. The first-order valence-corrected chi connectivity index (χ1v) is 27.2. The summed E-state index contributed by atoms with van der Waals surface area (Å²) in [7, 11) is 0. The molecule has 4 N–H and O–H groups in total. The first-order valence-electron chi connectivity index (χ1n) is 26.5. The predicted octanol–water partition coefficient (Wildman–Crippen LogP) is 17.4. The second kappa shape index (κ2) is 26.4. The molecule has 0 radical (unpaired) electrons. The van der Waals surface area contributed by atoms with Gasteiger partial charge < -0.3 is 38.7 Å². The molecule has 4 aromatic heterocycles. The molecule has 0 saturated heterocycles. The fraction of sp³-hybridized carbons (Fsp3) is 0.111. The number of hydrogen-bond donors (Lipinski definition) is 4. The van der Waals surface area contributed by atoms with Gasteiger partial charge in [-0.15, -0.1) is 19.6 Å². The molecule has 0 fully saturated rings. The number of hydrogen-bond acceptors (Lipinski definition) is 16. The number of halogens is 3. The summed E-state index contributed by atoms with van der Waals surface area (Å²) in [4.78, 5) is 64.9. The van der Waals surface area contributed by atoms with Gasteiger partial charge in [0.1, 0.15) is 5.82 Å². The number of nitro benzene ring substituents is 2. The van der Waals surface area contributed by atoms with Gasteiger partial charge in [0.25, 0.3) is 11.4 Å². The van der Waals surface area contributed by atoms with Gasteiger partial charge >= 0.3 is 0 Å². The maximum Gasteiger partial charge on any atom is 0.274 e. The van der Waals surface area contributed by atoms with E-state index in [0.717, 1.165) is 33.3 Å². The van der Waals surface area contributed by atoms with Crippen LogP contribution in [0.3, 0.4) is 0 Å². The maximum atomic E-state index is 12.9. The van der Waals surface area contributed by atoms with Gasteiger partial charge in [0.05, 0.1) is 58.1 Å². The monoisotopic (exact) mass is 1230 g/mol. The number of nitro groups is 2. The zero-order valence-corrected chi connectivity index (χ0v) is 48.2. The molecule has 12 aromatic rings. The molecule has 4 heterocycles. The Balaban J connectivity index is 0.000000140. The Morgan fingerprint density at radius 2 is 0.750 bits per heavy atom. The van der Waals surface area contributed by atoms with Crippen LogP contribution in [0, 0.1) is 66.4 Å². The fourth-order valence-electron chi connectivity index (χ4n) is 10.0. The topological polar surface area (TPSA) is 305 Å². The first kappa shape index (κ1) is 61.4. The Morgan fingerprint density at radius 3 is 1.12 bits per heavy atom. The molecular weight excluding hydrogens is 1180 g/mol. The third-order valence-corrected chi connectivity index (χ3v) is 14.8. The van der Waals surface area contributed by atoms with Gasteiger partial charge in [0, 0.05) is 55.4 Å². The first-order chi connectivity index (χ1) is 42.2. The predicted molar refractivity (Wildman–Crippen MR) is 336 cm³/mol. The standard InChI is InChI=1S/C16H13ClN2O2.2C16H13N3O4.C15H10ClFN2O2/c1-10-2-4-11(5-3-10)9-19-14-7-6-12(17)8-13(14)15(18-21)16(19)20;1-10-2-7-14-13(8-10)15(17-21)16(20)18(14)9-11-3-5-12(6-4-11)19(22)23;1-10-6-7-14-12(8-10)15(17-21)16(20)18(14)9-11-4-2-3-5-13(11)19(22)23;16-10-3-6-13-12(7-10)14(18-21)15(20)19(13)8-9-1-4-11(17)5-2-9/h2-8,20H,9H2,1H3;2*2-8,20H,9H2,1H3;1-7,20H,8H2. The SMILES string of the molecule is Cc1ccc(Cn2c(O)c(N=O)c3cc(Cl)ccc32)cc1.Cc1ccc2c(c1)c(N=O)c(O)n2Cc1ccc([N+](=O)[O-])cc1.Cc1ccc2c(c1)c(N=O)c(O)n2Cc1ccccc1[N+](=O)[O-].O=Nc1c(O)n(Cc2ccc(F)cc2)c2ccc(Cl)cc12. The van der Waals surface area contributed by atoms with Crippen LogP contribution in [0.15, 0.2) is 191 Å². The minimum Gasteiger partial charge on any atom is -0.493 e. The lowest BCUT2D eigenvalue weighted by molar-refractivity contribution is -0.385. The number of nitroso groups, excluding NO2 is 4. The van der Waals surface area contributed by atoms with E-state index in [4.69, 9.17) is 23.2 Å². The molecule has 8 aromatic carbocycles. The van der Waals surface area contributed by atoms with Crippen molar-refractivity contribution in [3.63, 3.8) is 0 Å². The number of rotatable bonds is 14. The van der Waals surface area contributed by atoms with Gasteiger partial charge in [-0.05, 0) is 131 Å². The fourth-order valence-corrected chi connectivity index (χ4v) is 10.4. The molecule has 0 aliphatic carbocycles. The summed E-state index contributed by atoms with van der Waals surface area (Å²) in [5, 5.41) is 77.5. The van der Waals surface area contributed by atoms with Crippen LogP contribution in [-0.2, 0) is 26.2 Å². The Labute approximate surface area is 507 Å². The van der Waals surface area contributed by atoms with Crippen molar-refractivity contribution >= 4 is 101 Å². The summed E-state index contributed by atoms with van der Waals surface area (Å²) < 4.78 is 19.1. The van der Waals surface area contributed by atoms with Crippen LogP contribution in [0.25, 0.3) is 43.6 Å². The number of nitrogens with zero attached hydrogens (tertiary/aromatic N) is 10. The molecule has 0 bridgehead atoms. The van der Waals surface area contributed by atoms with Crippen molar-refractivity contribution in [3.8, 4) is 23.5 Å². The average Bonchev–Trinajstić information content (AvgIpc) is 1.89. The highest BCUT2D eigenvalue weighted by molar-refractivity contribution is 6.32. The van der Waals surface area contributed by atoms with Crippen molar-refractivity contribution in [1.82, 2.24) is 18.3 Å². The van der Waals surface area contributed by atoms with E-state index in [1.807, 2.05) is 63.2 Å². The summed E-state index contributed by atoms with van der Waals surface area (Å²) in [5.74, 6) is -1.20. The van der Waals surface area contributed by atoms with Gasteiger partial charge in [-0.2, -0.15) is 0 Å². The van der Waals surface area contributed by atoms with E-state index in [2.05, 4.69) is 20.7 Å². The van der Waals surface area contributed by atoms with Crippen LogP contribution < -0.4 is 0 Å². The molecule has 0 aliphatic heterocycles. The summed E-state index contributed by atoms with van der Waals surface area (Å²) in [5.41, 5.74) is 8.59. The summed E-state index contributed by atoms with van der Waals surface area (Å²) in [6.07, 6.45) is 0. The van der Waals surface area contributed by atoms with E-state index in [0.29, 0.717) is 66.8 Å². The summed E-state index contributed by atoms with van der Waals surface area (Å²) >= 11 is 11.9. The number of aromatic nitrogens is 4. The van der Waals surface area contributed by atoms with E-state index in [1.165, 1.54) is 45.0 Å². The van der Waals surface area contributed by atoms with Crippen LogP contribution in [0.5, 0.6) is 23.5 Å². The number of aryl methyl sites for hydroxylation is 3. The van der Waals surface area contributed by atoms with Crippen LogP contribution in [0.4, 0.5) is 38.5 Å². The molecular formula is C63H49Cl2FN10O12. The lowest BCUT2D eigenvalue weighted by Crippen LogP contribution is -2.02. The van der Waals surface area contributed by atoms with Crippen LogP contribution >= 0.6 is 23.2 Å². The highest BCUT2D eigenvalue weighted by Crippen LogP contribution is 2.44. The second-order valence-corrected chi connectivity index (χ2v) is 21.1. The van der Waals surface area contributed by atoms with Crippen LogP contribution in [0.1, 0.15) is 38.9 Å². The molecule has 0 spiro atoms. The molecule has 12 rings (SSSR count). The van der Waals surface area contributed by atoms with E-state index in [1.54, 1.807) is 106 Å². The Morgan fingerprint density at radius 1 is 0.420 bits per heavy atom. The van der Waals surface area contributed by atoms with Gasteiger partial charge in [-0.1, -0.05) is 119 Å². The average molecular weight is 1230 g/mol. The van der Waals surface area contributed by atoms with Crippen molar-refractivity contribution in [2.24, 2.45) is 20.7 Å². The largest absolute Gasteiger partial charge is 0.493 e. The molecule has 0 unspecified atom stereocenters. The van der Waals surface area contributed by atoms with Crippen LogP contribution in [0.2, 0.25) is 10.0 Å². The molecule has 0 saturated carbocycles. The lowest BCUT2D eigenvalue weighted by Gasteiger charge is -2.08. The number of benzene rings is 8. The van der Waals surface area contributed by atoms with E-state index in [-0.39, 0.29) is 76.6 Å². The molecule has 88 heavy (non-hydrogen) atoms. The van der Waals surface area contributed by atoms with Gasteiger partial charge in [-0.25, -0.2) is 4.39 Å². The van der Waals surface area contributed by atoms with Gasteiger partial charge in [-0.3, -0.25) is 20.2 Å². The number of para-hydroxylation sites is 1. The van der Waals surface area contributed by atoms with Crippen molar-refractivity contribution < 1.29 is 34.7 Å². The van der Waals surface area contributed by atoms with E-state index < -0.39 is 9.85 Å². The number of fused-ring (bicyclic) bond motifs is 4. The Bertz CT molecular complexity index is 4540. The van der Waals surface area contributed by atoms with Crippen molar-refractivity contribution in [1.29, 1.82) is 0 Å². The van der Waals surface area contributed by atoms with Crippen molar-refractivity contribution in [2.75, 3.05) is 0 Å². The Kier molecular flexibility index (Phi) is 18.4. The summed E-state index contributed by atoms with van der Waals surface area (Å²) in [6, 6.07) is 47.2. The smallest absolute Gasteiger partial charge is 0.274 e. The van der Waals surface area contributed by atoms with E-state index >= 15 is 0 Å². The molecule has 0 amide bonds. The highest BCUT2D eigenvalue weighted by atomic mass is 35.5. The zero-order valence-electron chi connectivity index (χ0n) is 46.7.